The molecule has 0 bridgehead atoms. The molecular weight excluding hydrogens is 275 g/mol. The van der Waals surface area contributed by atoms with Crippen LogP contribution in [0.3, 0.4) is 0 Å². The van der Waals surface area contributed by atoms with E-state index in [1.54, 1.807) is 12.1 Å². The summed E-state index contributed by atoms with van der Waals surface area (Å²) in [6, 6.07) is 3.49. The van der Waals surface area contributed by atoms with Crippen molar-refractivity contribution in [2.45, 2.75) is 24.5 Å². The molecule has 5 heteroatoms. The first-order valence-electron chi connectivity index (χ1n) is 5.77. The average Bonchev–Trinajstić information content (AvgIpc) is 2.33. The van der Waals surface area contributed by atoms with Crippen molar-refractivity contribution in [2.75, 3.05) is 23.3 Å². The van der Waals surface area contributed by atoms with E-state index in [2.05, 4.69) is 5.32 Å². The molecule has 3 N–H and O–H groups in total. The number of benzene rings is 1. The number of rotatable bonds is 3. The van der Waals surface area contributed by atoms with Gasteiger partial charge in [-0.3, -0.25) is 0 Å². The Bertz CT molecular complexity index is 392. The van der Waals surface area contributed by atoms with Gasteiger partial charge in [0.1, 0.15) is 0 Å². The number of nitrogen functional groups attached to an aromatic ring is 1. The first-order valence-corrected chi connectivity index (χ1v) is 7.57. The van der Waals surface area contributed by atoms with E-state index in [0.717, 1.165) is 12.2 Å². The van der Waals surface area contributed by atoms with Gasteiger partial charge in [0.05, 0.1) is 21.4 Å². The highest BCUT2D eigenvalue weighted by Gasteiger charge is 2.14. The molecule has 0 saturated carbocycles. The Hall–Kier alpha value is -0.250. The highest BCUT2D eigenvalue weighted by atomic mass is 35.5. The van der Waals surface area contributed by atoms with Crippen LogP contribution in [-0.4, -0.2) is 17.5 Å². The second-order valence-corrected chi connectivity index (χ2v) is 6.45. The van der Waals surface area contributed by atoms with Crippen molar-refractivity contribution >= 4 is 46.3 Å². The maximum atomic E-state index is 5.97. The maximum absolute atomic E-state index is 5.97. The Morgan fingerprint density at radius 1 is 1.29 bits per heavy atom. The Morgan fingerprint density at radius 2 is 2.06 bits per heavy atom. The van der Waals surface area contributed by atoms with Crippen LogP contribution in [-0.2, 0) is 0 Å². The summed E-state index contributed by atoms with van der Waals surface area (Å²) in [6.07, 6.45) is 3.95. The molecule has 1 unspecified atom stereocenters. The van der Waals surface area contributed by atoms with Crippen LogP contribution in [0.25, 0.3) is 0 Å². The van der Waals surface area contributed by atoms with Crippen molar-refractivity contribution in [2.24, 2.45) is 0 Å². The van der Waals surface area contributed by atoms with Gasteiger partial charge in [0.2, 0.25) is 0 Å². The maximum Gasteiger partial charge on any atom is 0.0614 e. The largest absolute Gasteiger partial charge is 0.397 e. The standard InChI is InChI=1S/C12H16Cl2N2S/c13-9-5-11(15)12(6-10(9)14)16-7-8-3-1-2-4-17-8/h5-6,8,16H,1-4,7,15H2. The molecule has 0 aromatic heterocycles. The predicted molar refractivity (Wildman–Crippen MR) is 79.5 cm³/mol. The summed E-state index contributed by atoms with van der Waals surface area (Å²) in [7, 11) is 0. The zero-order chi connectivity index (χ0) is 12.3. The minimum absolute atomic E-state index is 0.502. The van der Waals surface area contributed by atoms with E-state index in [1.807, 2.05) is 11.8 Å². The quantitative estimate of drug-likeness (QED) is 0.817. The number of hydrogen-bond acceptors (Lipinski definition) is 3. The van der Waals surface area contributed by atoms with Gasteiger partial charge in [-0.25, -0.2) is 0 Å². The highest BCUT2D eigenvalue weighted by molar-refractivity contribution is 7.99. The molecule has 1 aromatic rings. The summed E-state index contributed by atoms with van der Waals surface area (Å²) in [4.78, 5) is 0. The van der Waals surface area contributed by atoms with Gasteiger partial charge in [-0.2, -0.15) is 11.8 Å². The van der Waals surface area contributed by atoms with Crippen molar-refractivity contribution in [3.8, 4) is 0 Å². The van der Waals surface area contributed by atoms with Gasteiger partial charge in [0.25, 0.3) is 0 Å². The van der Waals surface area contributed by atoms with E-state index in [1.165, 1.54) is 25.0 Å². The normalized spacial score (nSPS) is 20.2. The number of nitrogens with one attached hydrogen (secondary N) is 1. The van der Waals surface area contributed by atoms with Crippen LogP contribution in [0.4, 0.5) is 11.4 Å². The molecule has 0 radical (unpaired) electrons. The molecular formula is C12H16Cl2N2S. The van der Waals surface area contributed by atoms with Gasteiger partial charge < -0.3 is 11.1 Å². The fraction of sp³-hybridized carbons (Fsp3) is 0.500. The molecule has 1 heterocycles. The molecule has 2 rings (SSSR count). The number of hydrogen-bond donors (Lipinski definition) is 2. The molecule has 1 aromatic carbocycles. The Labute approximate surface area is 116 Å². The van der Waals surface area contributed by atoms with Crippen LogP contribution in [0, 0.1) is 0 Å². The van der Waals surface area contributed by atoms with E-state index in [-0.39, 0.29) is 0 Å². The van der Waals surface area contributed by atoms with Gasteiger partial charge in [-0.1, -0.05) is 29.6 Å². The molecule has 1 aliphatic rings. The molecule has 17 heavy (non-hydrogen) atoms. The molecule has 2 nitrogen and oxygen atoms in total. The molecule has 0 spiro atoms. The van der Waals surface area contributed by atoms with Crippen molar-refractivity contribution in [3.05, 3.63) is 22.2 Å². The summed E-state index contributed by atoms with van der Waals surface area (Å²) in [5.41, 5.74) is 7.43. The predicted octanol–water partition coefficient (Wildman–Crippen LogP) is 4.27. The van der Waals surface area contributed by atoms with Gasteiger partial charge in [-0.15, -0.1) is 0 Å². The number of halogens is 2. The molecule has 0 amide bonds. The third-order valence-electron chi connectivity index (χ3n) is 2.89. The number of thioether (sulfide) groups is 1. The van der Waals surface area contributed by atoms with E-state index in [0.29, 0.717) is 21.0 Å². The molecule has 0 aliphatic carbocycles. The first-order chi connectivity index (χ1) is 8.16. The Morgan fingerprint density at radius 3 is 2.76 bits per heavy atom. The fourth-order valence-corrected chi connectivity index (χ4v) is 3.48. The van der Waals surface area contributed by atoms with Crippen LogP contribution >= 0.6 is 35.0 Å². The molecule has 1 saturated heterocycles. The molecule has 1 atom stereocenters. The topological polar surface area (TPSA) is 38.0 Å². The monoisotopic (exact) mass is 290 g/mol. The lowest BCUT2D eigenvalue weighted by atomic mass is 10.2. The zero-order valence-electron chi connectivity index (χ0n) is 9.51. The number of nitrogens with two attached hydrogens (primary N) is 1. The van der Waals surface area contributed by atoms with Crippen molar-refractivity contribution in [1.29, 1.82) is 0 Å². The minimum atomic E-state index is 0.502. The van der Waals surface area contributed by atoms with Gasteiger partial charge in [0.15, 0.2) is 0 Å². The van der Waals surface area contributed by atoms with Crippen LogP contribution in [0.2, 0.25) is 10.0 Å². The van der Waals surface area contributed by atoms with Crippen LogP contribution in [0.1, 0.15) is 19.3 Å². The van der Waals surface area contributed by atoms with E-state index in [9.17, 15) is 0 Å². The second-order valence-electron chi connectivity index (χ2n) is 4.22. The van der Waals surface area contributed by atoms with Crippen LogP contribution < -0.4 is 11.1 Å². The van der Waals surface area contributed by atoms with E-state index in [4.69, 9.17) is 28.9 Å². The summed E-state index contributed by atoms with van der Waals surface area (Å²) < 4.78 is 0. The van der Waals surface area contributed by atoms with E-state index >= 15 is 0 Å². The lowest BCUT2D eigenvalue weighted by Crippen LogP contribution is -2.20. The summed E-state index contributed by atoms with van der Waals surface area (Å²) in [5, 5.41) is 5.08. The zero-order valence-corrected chi connectivity index (χ0v) is 11.8. The SMILES string of the molecule is Nc1cc(Cl)c(Cl)cc1NCC1CCCCS1. The summed E-state index contributed by atoms with van der Waals surface area (Å²) in [5.74, 6) is 1.27. The lowest BCUT2D eigenvalue weighted by molar-refractivity contribution is 0.677. The summed E-state index contributed by atoms with van der Waals surface area (Å²) >= 11 is 13.9. The molecule has 1 fully saturated rings. The van der Waals surface area contributed by atoms with Crippen molar-refractivity contribution in [3.63, 3.8) is 0 Å². The molecule has 94 valence electrons. The third kappa shape index (κ3) is 3.60. The second kappa shape index (κ2) is 6.07. The fourth-order valence-electron chi connectivity index (χ4n) is 1.91. The van der Waals surface area contributed by atoms with Gasteiger partial charge in [0, 0.05) is 11.8 Å². The number of anilines is 2. The van der Waals surface area contributed by atoms with Crippen molar-refractivity contribution < 1.29 is 0 Å². The van der Waals surface area contributed by atoms with Crippen LogP contribution in [0.15, 0.2) is 12.1 Å². The third-order valence-corrected chi connectivity index (χ3v) is 5.01. The van der Waals surface area contributed by atoms with Crippen molar-refractivity contribution in [1.82, 2.24) is 0 Å². The first kappa shape index (κ1) is 13.2. The molecule has 1 aliphatic heterocycles. The Balaban J connectivity index is 1.96. The van der Waals surface area contributed by atoms with Gasteiger partial charge >= 0.3 is 0 Å². The van der Waals surface area contributed by atoms with Gasteiger partial charge in [-0.05, 0) is 30.7 Å². The Kier molecular flexibility index (Phi) is 4.71. The van der Waals surface area contributed by atoms with Crippen LogP contribution in [0.5, 0.6) is 0 Å². The smallest absolute Gasteiger partial charge is 0.0614 e. The average molecular weight is 291 g/mol. The lowest BCUT2D eigenvalue weighted by Gasteiger charge is -2.22. The summed E-state index contributed by atoms with van der Waals surface area (Å²) in [6.45, 7) is 0.937. The highest BCUT2D eigenvalue weighted by Crippen LogP contribution is 2.31. The minimum Gasteiger partial charge on any atom is -0.397 e. The van der Waals surface area contributed by atoms with E-state index < -0.39 is 0 Å².